The third kappa shape index (κ3) is 2.63. The standard InChI is InChI=1S/C21H17NO4/c23-17-9-12-4-1-2-7-16(12)19(21(17)26)15-8-13-5-3-6-14(10-18(24)25)20(13)22-11-15/h1-7,9,11,22-23,26H,8,10H2,(H,24,25). The van der Waals surface area contributed by atoms with E-state index in [2.05, 4.69) is 5.32 Å². The molecule has 0 saturated heterocycles. The molecule has 4 N–H and O–H groups in total. The van der Waals surface area contributed by atoms with Gasteiger partial charge in [0.05, 0.1) is 6.42 Å². The van der Waals surface area contributed by atoms with Gasteiger partial charge in [0.25, 0.3) is 0 Å². The number of benzene rings is 3. The lowest BCUT2D eigenvalue weighted by Crippen LogP contribution is -2.10. The highest BCUT2D eigenvalue weighted by molar-refractivity contribution is 5.99. The first kappa shape index (κ1) is 16.0. The predicted octanol–water partition coefficient (Wildman–Crippen LogP) is 3.89. The van der Waals surface area contributed by atoms with E-state index in [-0.39, 0.29) is 17.9 Å². The second-order valence-electron chi connectivity index (χ2n) is 6.35. The number of para-hydroxylation sites is 1. The SMILES string of the molecule is O=C(O)Cc1cccc2c1NC=C(c1c(O)c(O)cc3ccccc13)C2. The van der Waals surface area contributed by atoms with Crippen LogP contribution < -0.4 is 5.32 Å². The Hall–Kier alpha value is -3.47. The Morgan fingerprint density at radius 2 is 1.88 bits per heavy atom. The van der Waals surface area contributed by atoms with Gasteiger partial charge in [-0.1, -0.05) is 42.5 Å². The van der Waals surface area contributed by atoms with Crippen molar-refractivity contribution in [3.8, 4) is 11.5 Å². The summed E-state index contributed by atoms with van der Waals surface area (Å²) in [6.45, 7) is 0. The van der Waals surface area contributed by atoms with Crippen molar-refractivity contribution < 1.29 is 20.1 Å². The number of phenols is 2. The van der Waals surface area contributed by atoms with Gasteiger partial charge in [-0.05, 0) is 33.5 Å². The molecule has 3 aromatic carbocycles. The van der Waals surface area contributed by atoms with Gasteiger partial charge in [0.2, 0.25) is 0 Å². The monoisotopic (exact) mass is 347 g/mol. The van der Waals surface area contributed by atoms with Crippen molar-refractivity contribution in [1.82, 2.24) is 0 Å². The lowest BCUT2D eigenvalue weighted by atomic mass is 9.89. The fourth-order valence-electron chi connectivity index (χ4n) is 3.52. The molecule has 0 saturated carbocycles. The summed E-state index contributed by atoms with van der Waals surface area (Å²) in [4.78, 5) is 11.1. The van der Waals surface area contributed by atoms with Gasteiger partial charge in [0.15, 0.2) is 11.5 Å². The number of phenolic OH excluding ortho intramolecular Hbond substituents is 2. The van der Waals surface area contributed by atoms with Crippen LogP contribution in [0.5, 0.6) is 11.5 Å². The largest absolute Gasteiger partial charge is 0.504 e. The van der Waals surface area contributed by atoms with Crippen LogP contribution in [0, 0.1) is 0 Å². The highest BCUT2D eigenvalue weighted by Gasteiger charge is 2.21. The Kier molecular flexibility index (Phi) is 3.77. The van der Waals surface area contributed by atoms with Crippen LogP contribution in [0.15, 0.2) is 54.7 Å². The van der Waals surface area contributed by atoms with Crippen LogP contribution in [0.25, 0.3) is 16.3 Å². The van der Waals surface area contributed by atoms with Crippen molar-refractivity contribution in [2.24, 2.45) is 0 Å². The van der Waals surface area contributed by atoms with E-state index in [4.69, 9.17) is 5.11 Å². The number of hydrogen-bond acceptors (Lipinski definition) is 4. The zero-order valence-electron chi connectivity index (χ0n) is 13.9. The van der Waals surface area contributed by atoms with Crippen molar-refractivity contribution >= 4 is 28.0 Å². The minimum Gasteiger partial charge on any atom is -0.504 e. The summed E-state index contributed by atoms with van der Waals surface area (Å²) in [5.41, 5.74) is 3.88. The van der Waals surface area contributed by atoms with E-state index in [1.165, 1.54) is 0 Å². The minimum atomic E-state index is -0.883. The fraction of sp³-hybridized carbons (Fsp3) is 0.0952. The van der Waals surface area contributed by atoms with Crippen LogP contribution in [-0.4, -0.2) is 21.3 Å². The molecule has 1 heterocycles. The molecule has 26 heavy (non-hydrogen) atoms. The third-order valence-corrected chi connectivity index (χ3v) is 4.67. The van der Waals surface area contributed by atoms with Gasteiger partial charge >= 0.3 is 5.97 Å². The molecule has 0 fully saturated rings. The predicted molar refractivity (Wildman–Crippen MR) is 100 cm³/mol. The number of rotatable bonds is 3. The van der Waals surface area contributed by atoms with E-state index in [0.29, 0.717) is 12.0 Å². The first-order valence-electron chi connectivity index (χ1n) is 8.27. The highest BCUT2D eigenvalue weighted by Crippen LogP contribution is 2.43. The molecule has 0 aliphatic carbocycles. The van der Waals surface area contributed by atoms with Gasteiger partial charge in [-0.15, -0.1) is 0 Å². The number of fused-ring (bicyclic) bond motifs is 2. The number of allylic oxidation sites excluding steroid dienone is 1. The fourth-order valence-corrected chi connectivity index (χ4v) is 3.52. The Bertz CT molecular complexity index is 1070. The second kappa shape index (κ2) is 6.11. The van der Waals surface area contributed by atoms with Crippen LogP contribution >= 0.6 is 0 Å². The maximum absolute atomic E-state index is 11.1. The second-order valence-corrected chi connectivity index (χ2v) is 6.35. The minimum absolute atomic E-state index is 0.0559. The molecule has 0 bridgehead atoms. The van der Waals surface area contributed by atoms with Gasteiger partial charge < -0.3 is 20.6 Å². The average molecular weight is 347 g/mol. The maximum Gasteiger partial charge on any atom is 0.307 e. The van der Waals surface area contributed by atoms with Gasteiger partial charge in [-0.2, -0.15) is 0 Å². The molecule has 1 aliphatic rings. The molecule has 0 amide bonds. The molecule has 0 unspecified atom stereocenters. The summed E-state index contributed by atoms with van der Waals surface area (Å²) in [5.74, 6) is -1.20. The molecular formula is C21H17NO4. The maximum atomic E-state index is 11.1. The van der Waals surface area contributed by atoms with Crippen molar-refractivity contribution in [3.63, 3.8) is 0 Å². The Balaban J connectivity index is 1.82. The summed E-state index contributed by atoms with van der Waals surface area (Å²) in [7, 11) is 0. The quantitative estimate of drug-likeness (QED) is 0.540. The number of hydrogen-bond donors (Lipinski definition) is 4. The first-order chi connectivity index (χ1) is 12.5. The molecule has 0 spiro atoms. The molecule has 1 aliphatic heterocycles. The van der Waals surface area contributed by atoms with E-state index < -0.39 is 5.97 Å². The zero-order chi connectivity index (χ0) is 18.3. The summed E-state index contributed by atoms with van der Waals surface area (Å²) in [6, 6.07) is 14.7. The number of aliphatic carboxylic acids is 1. The smallest absolute Gasteiger partial charge is 0.307 e. The van der Waals surface area contributed by atoms with Crippen molar-refractivity contribution in [3.05, 3.63) is 71.4 Å². The van der Waals surface area contributed by atoms with E-state index in [1.54, 1.807) is 18.3 Å². The molecule has 0 radical (unpaired) electrons. The van der Waals surface area contributed by atoms with Crippen LogP contribution in [-0.2, 0) is 17.6 Å². The van der Waals surface area contributed by atoms with Crippen molar-refractivity contribution in [1.29, 1.82) is 0 Å². The molecule has 5 nitrogen and oxygen atoms in total. The van der Waals surface area contributed by atoms with Crippen LogP contribution in [0.2, 0.25) is 0 Å². The Morgan fingerprint density at radius 1 is 1.08 bits per heavy atom. The third-order valence-electron chi connectivity index (χ3n) is 4.67. The van der Waals surface area contributed by atoms with Crippen LogP contribution in [0.3, 0.4) is 0 Å². The number of carboxylic acid groups (broad SMARTS) is 1. The summed E-state index contributed by atoms with van der Waals surface area (Å²) in [5, 5.41) is 34.5. The average Bonchev–Trinajstić information content (AvgIpc) is 2.62. The van der Waals surface area contributed by atoms with Gasteiger partial charge in [0, 0.05) is 23.9 Å². The number of nitrogens with one attached hydrogen (secondary N) is 1. The molecular weight excluding hydrogens is 330 g/mol. The molecule has 130 valence electrons. The molecule has 4 rings (SSSR count). The molecule has 0 aromatic heterocycles. The first-order valence-corrected chi connectivity index (χ1v) is 8.27. The van der Waals surface area contributed by atoms with Crippen LogP contribution in [0.4, 0.5) is 5.69 Å². The summed E-state index contributed by atoms with van der Waals surface area (Å²) < 4.78 is 0. The van der Waals surface area contributed by atoms with E-state index >= 15 is 0 Å². The molecule has 0 atom stereocenters. The van der Waals surface area contributed by atoms with E-state index in [0.717, 1.165) is 33.2 Å². The Labute approximate surface area is 149 Å². The topological polar surface area (TPSA) is 89.8 Å². The van der Waals surface area contributed by atoms with Gasteiger partial charge in [-0.3, -0.25) is 4.79 Å². The van der Waals surface area contributed by atoms with E-state index in [9.17, 15) is 15.0 Å². The normalized spacial score (nSPS) is 13.0. The van der Waals surface area contributed by atoms with Crippen molar-refractivity contribution in [2.45, 2.75) is 12.8 Å². The number of carbonyl (C=O) groups is 1. The van der Waals surface area contributed by atoms with Crippen molar-refractivity contribution in [2.75, 3.05) is 5.32 Å². The highest BCUT2D eigenvalue weighted by atomic mass is 16.4. The number of carboxylic acids is 1. The van der Waals surface area contributed by atoms with Gasteiger partial charge in [-0.25, -0.2) is 0 Å². The molecule has 5 heteroatoms. The van der Waals surface area contributed by atoms with Crippen LogP contribution in [0.1, 0.15) is 16.7 Å². The number of anilines is 1. The zero-order valence-corrected chi connectivity index (χ0v) is 13.9. The number of aromatic hydroxyl groups is 2. The molecule has 3 aromatic rings. The lowest BCUT2D eigenvalue weighted by Gasteiger charge is -2.22. The lowest BCUT2D eigenvalue weighted by molar-refractivity contribution is -0.136. The van der Waals surface area contributed by atoms with E-state index in [1.807, 2.05) is 36.4 Å². The summed E-state index contributed by atoms with van der Waals surface area (Å²) >= 11 is 0. The Morgan fingerprint density at radius 3 is 2.69 bits per heavy atom. The van der Waals surface area contributed by atoms with Gasteiger partial charge in [0.1, 0.15) is 0 Å². The summed E-state index contributed by atoms with van der Waals surface area (Å²) in [6.07, 6.45) is 2.24.